The Morgan fingerprint density at radius 1 is 0.857 bits per heavy atom. The lowest BCUT2D eigenvalue weighted by Crippen LogP contribution is -2.01. The zero-order valence-electron chi connectivity index (χ0n) is 14.7. The quantitative estimate of drug-likeness (QED) is 0.456. The highest BCUT2D eigenvalue weighted by molar-refractivity contribution is 5.79. The van der Waals surface area contributed by atoms with Crippen molar-refractivity contribution in [3.63, 3.8) is 0 Å². The molecule has 0 saturated heterocycles. The maximum Gasteiger partial charge on any atom is 0.153 e. The molecule has 0 aliphatic carbocycles. The van der Waals surface area contributed by atoms with Gasteiger partial charge in [0, 0.05) is 29.6 Å². The van der Waals surface area contributed by atoms with E-state index in [1.54, 1.807) is 29.0 Å². The second-order valence-corrected chi connectivity index (χ2v) is 6.60. The molecule has 5 aromatic rings. The molecule has 28 heavy (non-hydrogen) atoms. The largest absolute Gasteiger partial charge is 0.256 e. The summed E-state index contributed by atoms with van der Waals surface area (Å²) in [6.07, 6.45) is 4.17. The number of benzene rings is 2. The van der Waals surface area contributed by atoms with Gasteiger partial charge < -0.3 is 0 Å². The molecule has 0 aliphatic heterocycles. The lowest BCUT2D eigenvalue weighted by molar-refractivity contribution is 0.584. The van der Waals surface area contributed by atoms with E-state index in [0.717, 1.165) is 28.2 Å². The summed E-state index contributed by atoms with van der Waals surface area (Å²) in [6, 6.07) is 16.9. The Morgan fingerprint density at radius 2 is 1.71 bits per heavy atom. The number of nitrogens with zero attached hydrogens (tertiary/aromatic N) is 4. The van der Waals surface area contributed by atoms with Gasteiger partial charge in [-0.15, -0.1) is 0 Å². The van der Waals surface area contributed by atoms with Crippen LogP contribution < -0.4 is 0 Å². The topological polar surface area (TPSA) is 43.1 Å². The highest BCUT2D eigenvalue weighted by atomic mass is 19.1. The van der Waals surface area contributed by atoms with E-state index in [9.17, 15) is 8.78 Å². The zero-order valence-corrected chi connectivity index (χ0v) is 14.7. The molecule has 0 N–H and O–H groups in total. The smallest absolute Gasteiger partial charge is 0.153 e. The summed E-state index contributed by atoms with van der Waals surface area (Å²) in [5, 5.41) is 5.62. The van der Waals surface area contributed by atoms with Crippen molar-refractivity contribution in [2.24, 2.45) is 0 Å². The van der Waals surface area contributed by atoms with Gasteiger partial charge in [0.2, 0.25) is 0 Å². The Kier molecular flexibility index (Phi) is 3.83. The lowest BCUT2D eigenvalue weighted by Gasteiger charge is -2.06. The third kappa shape index (κ3) is 2.99. The molecular weight excluding hydrogens is 358 g/mol. The van der Waals surface area contributed by atoms with Crippen molar-refractivity contribution in [2.75, 3.05) is 0 Å². The molecule has 3 heterocycles. The number of aromatic nitrogens is 4. The molecule has 0 unspecified atom stereocenters. The Bertz CT molecular complexity index is 1310. The van der Waals surface area contributed by atoms with Crippen LogP contribution in [-0.4, -0.2) is 19.6 Å². The average Bonchev–Trinajstić information content (AvgIpc) is 3.09. The summed E-state index contributed by atoms with van der Waals surface area (Å²) in [6.45, 7) is 0. The molecule has 6 heteroatoms. The van der Waals surface area contributed by atoms with Crippen molar-refractivity contribution >= 4 is 16.6 Å². The minimum atomic E-state index is -0.632. The van der Waals surface area contributed by atoms with E-state index >= 15 is 0 Å². The number of halogens is 2. The van der Waals surface area contributed by atoms with Crippen LogP contribution in [0.5, 0.6) is 0 Å². The van der Waals surface area contributed by atoms with Gasteiger partial charge in [0.25, 0.3) is 0 Å². The maximum absolute atomic E-state index is 13.6. The van der Waals surface area contributed by atoms with Crippen molar-refractivity contribution < 1.29 is 8.78 Å². The molecule has 2 aromatic carbocycles. The van der Waals surface area contributed by atoms with Crippen molar-refractivity contribution in [1.82, 2.24) is 19.6 Å². The number of pyridine rings is 1. The van der Waals surface area contributed by atoms with Gasteiger partial charge in [0.15, 0.2) is 5.65 Å². The van der Waals surface area contributed by atoms with Crippen LogP contribution in [0.2, 0.25) is 0 Å². The SMILES string of the molecule is Fc1cc(F)cc(-c2ccc3ncc(Cc4ccc5ncccc5c4)n3n2)c1. The molecule has 0 spiro atoms. The predicted molar refractivity (Wildman–Crippen MR) is 103 cm³/mol. The lowest BCUT2D eigenvalue weighted by atomic mass is 10.1. The van der Waals surface area contributed by atoms with Gasteiger partial charge in [-0.25, -0.2) is 18.3 Å². The van der Waals surface area contributed by atoms with Gasteiger partial charge in [0.05, 0.1) is 23.1 Å². The van der Waals surface area contributed by atoms with Gasteiger partial charge >= 0.3 is 0 Å². The van der Waals surface area contributed by atoms with E-state index in [4.69, 9.17) is 0 Å². The molecule has 0 fully saturated rings. The van der Waals surface area contributed by atoms with Crippen molar-refractivity contribution in [3.05, 3.63) is 95.9 Å². The molecule has 3 aromatic heterocycles. The third-order valence-electron chi connectivity index (χ3n) is 4.64. The highest BCUT2D eigenvalue weighted by Gasteiger charge is 2.10. The molecule has 0 amide bonds. The minimum absolute atomic E-state index is 0.385. The Balaban J connectivity index is 1.55. The van der Waals surface area contributed by atoms with Crippen LogP contribution in [0.15, 0.2) is 73.1 Å². The van der Waals surface area contributed by atoms with E-state index < -0.39 is 11.6 Å². The van der Waals surface area contributed by atoms with Crippen LogP contribution in [0.4, 0.5) is 8.78 Å². The summed E-state index contributed by atoms with van der Waals surface area (Å²) in [4.78, 5) is 8.72. The molecular formula is C22H14F2N4. The number of hydrogen-bond acceptors (Lipinski definition) is 3. The van der Waals surface area contributed by atoms with Crippen LogP contribution in [0.25, 0.3) is 27.8 Å². The average molecular weight is 372 g/mol. The number of imidazole rings is 1. The summed E-state index contributed by atoms with van der Waals surface area (Å²) < 4.78 is 28.9. The number of hydrogen-bond donors (Lipinski definition) is 0. The second kappa shape index (κ2) is 6.49. The monoisotopic (exact) mass is 372 g/mol. The van der Waals surface area contributed by atoms with E-state index in [1.165, 1.54) is 12.1 Å². The second-order valence-electron chi connectivity index (χ2n) is 6.60. The molecule has 0 aliphatic rings. The van der Waals surface area contributed by atoms with Crippen LogP contribution in [0.1, 0.15) is 11.3 Å². The van der Waals surface area contributed by atoms with Crippen molar-refractivity contribution in [1.29, 1.82) is 0 Å². The molecule has 0 saturated carbocycles. The molecule has 0 bridgehead atoms. The summed E-state index contributed by atoms with van der Waals surface area (Å²) >= 11 is 0. The van der Waals surface area contributed by atoms with Crippen LogP contribution in [0, 0.1) is 11.6 Å². The first kappa shape index (κ1) is 16.5. The van der Waals surface area contributed by atoms with Gasteiger partial charge in [-0.05, 0) is 48.0 Å². The number of fused-ring (bicyclic) bond motifs is 2. The normalized spacial score (nSPS) is 11.4. The highest BCUT2D eigenvalue weighted by Crippen LogP contribution is 2.22. The van der Waals surface area contributed by atoms with Crippen molar-refractivity contribution in [2.45, 2.75) is 6.42 Å². The van der Waals surface area contributed by atoms with Crippen LogP contribution in [-0.2, 0) is 6.42 Å². The standard InChI is InChI=1S/C22H14F2N4/c23-17-10-16(11-18(24)12-17)21-5-6-22-26-13-19(28(22)27-21)9-14-3-4-20-15(8-14)2-1-7-25-20/h1-8,10-13H,9H2. The Labute approximate surface area is 159 Å². The molecule has 0 atom stereocenters. The van der Waals surface area contributed by atoms with Gasteiger partial charge in [-0.1, -0.05) is 12.1 Å². The fraction of sp³-hybridized carbons (Fsp3) is 0.0455. The molecule has 5 rings (SSSR count). The number of rotatable bonds is 3. The fourth-order valence-corrected chi connectivity index (χ4v) is 3.34. The van der Waals surface area contributed by atoms with E-state index in [2.05, 4.69) is 21.1 Å². The van der Waals surface area contributed by atoms with Gasteiger partial charge in [0.1, 0.15) is 11.6 Å². The summed E-state index contributed by atoms with van der Waals surface area (Å²) in [5.74, 6) is -1.26. The van der Waals surface area contributed by atoms with Crippen LogP contribution >= 0.6 is 0 Å². The first-order valence-electron chi connectivity index (χ1n) is 8.79. The van der Waals surface area contributed by atoms with E-state index in [1.807, 2.05) is 24.3 Å². The predicted octanol–water partition coefficient (Wildman–Crippen LogP) is 4.81. The van der Waals surface area contributed by atoms with Gasteiger partial charge in [-0.2, -0.15) is 5.10 Å². The maximum atomic E-state index is 13.6. The Morgan fingerprint density at radius 3 is 2.57 bits per heavy atom. The zero-order chi connectivity index (χ0) is 19.1. The van der Waals surface area contributed by atoms with E-state index in [0.29, 0.717) is 23.3 Å². The van der Waals surface area contributed by atoms with Gasteiger partial charge in [-0.3, -0.25) is 4.98 Å². The Hall–Kier alpha value is -3.67. The molecule has 0 radical (unpaired) electrons. The molecule has 136 valence electrons. The van der Waals surface area contributed by atoms with E-state index in [-0.39, 0.29) is 0 Å². The molecule has 4 nitrogen and oxygen atoms in total. The van der Waals surface area contributed by atoms with Crippen molar-refractivity contribution in [3.8, 4) is 11.3 Å². The summed E-state index contributed by atoms with van der Waals surface area (Å²) in [5.41, 5.74) is 4.47. The first-order chi connectivity index (χ1) is 13.7. The fourth-order valence-electron chi connectivity index (χ4n) is 3.34. The summed E-state index contributed by atoms with van der Waals surface area (Å²) in [7, 11) is 0. The van der Waals surface area contributed by atoms with Crippen LogP contribution in [0.3, 0.4) is 0 Å². The third-order valence-corrected chi connectivity index (χ3v) is 4.64. The first-order valence-corrected chi connectivity index (χ1v) is 8.79. The minimum Gasteiger partial charge on any atom is -0.256 e.